The SMILES string of the molecule is CC1C=CC2CCC2C1C. The molecular formula is C10H16. The van der Waals surface area contributed by atoms with Gasteiger partial charge in [0.25, 0.3) is 0 Å². The Morgan fingerprint density at radius 2 is 1.90 bits per heavy atom. The van der Waals surface area contributed by atoms with Crippen molar-refractivity contribution >= 4 is 0 Å². The van der Waals surface area contributed by atoms with Crippen LogP contribution in [0.2, 0.25) is 0 Å². The fourth-order valence-corrected chi connectivity index (χ4v) is 2.33. The summed E-state index contributed by atoms with van der Waals surface area (Å²) in [4.78, 5) is 0. The van der Waals surface area contributed by atoms with E-state index in [-0.39, 0.29) is 0 Å². The van der Waals surface area contributed by atoms with Gasteiger partial charge in [0.2, 0.25) is 0 Å². The van der Waals surface area contributed by atoms with Crippen molar-refractivity contribution in [2.75, 3.05) is 0 Å². The highest BCUT2D eigenvalue weighted by Crippen LogP contribution is 2.46. The van der Waals surface area contributed by atoms with Crippen molar-refractivity contribution < 1.29 is 0 Å². The van der Waals surface area contributed by atoms with Gasteiger partial charge in [0, 0.05) is 0 Å². The van der Waals surface area contributed by atoms with E-state index < -0.39 is 0 Å². The Morgan fingerprint density at radius 3 is 2.40 bits per heavy atom. The average molecular weight is 136 g/mol. The van der Waals surface area contributed by atoms with Crippen LogP contribution in [0.3, 0.4) is 0 Å². The van der Waals surface area contributed by atoms with Crippen LogP contribution in [-0.2, 0) is 0 Å². The van der Waals surface area contributed by atoms with Crippen molar-refractivity contribution in [1.82, 2.24) is 0 Å². The monoisotopic (exact) mass is 136 g/mol. The van der Waals surface area contributed by atoms with Crippen LogP contribution in [-0.4, -0.2) is 0 Å². The molecule has 1 saturated carbocycles. The first-order valence-corrected chi connectivity index (χ1v) is 4.47. The Balaban J connectivity index is 2.15. The van der Waals surface area contributed by atoms with Crippen LogP contribution in [0.5, 0.6) is 0 Å². The predicted octanol–water partition coefficient (Wildman–Crippen LogP) is 2.85. The molecule has 2 aliphatic carbocycles. The maximum Gasteiger partial charge on any atom is -0.0202 e. The second-order valence-corrected chi connectivity index (χ2v) is 4.01. The van der Waals surface area contributed by atoms with Crippen molar-refractivity contribution in [3.63, 3.8) is 0 Å². The van der Waals surface area contributed by atoms with Crippen molar-refractivity contribution in [3.8, 4) is 0 Å². The molecule has 56 valence electrons. The van der Waals surface area contributed by atoms with Gasteiger partial charge in [0.1, 0.15) is 0 Å². The molecule has 1 fully saturated rings. The molecule has 0 aliphatic heterocycles. The van der Waals surface area contributed by atoms with E-state index in [1.54, 1.807) is 0 Å². The largest absolute Gasteiger partial charge is 0.0851 e. The fraction of sp³-hybridized carbons (Fsp3) is 0.800. The zero-order chi connectivity index (χ0) is 7.14. The zero-order valence-corrected chi connectivity index (χ0v) is 6.88. The smallest absolute Gasteiger partial charge is 0.0202 e. The molecule has 0 radical (unpaired) electrons. The molecule has 0 N–H and O–H groups in total. The lowest BCUT2D eigenvalue weighted by Crippen LogP contribution is -2.35. The Labute approximate surface area is 63.3 Å². The van der Waals surface area contributed by atoms with Gasteiger partial charge in [-0.2, -0.15) is 0 Å². The van der Waals surface area contributed by atoms with E-state index in [1.165, 1.54) is 12.8 Å². The molecule has 0 saturated heterocycles. The van der Waals surface area contributed by atoms with Gasteiger partial charge in [0.05, 0.1) is 0 Å². The third kappa shape index (κ3) is 0.744. The molecule has 0 heterocycles. The van der Waals surface area contributed by atoms with Crippen LogP contribution in [0.4, 0.5) is 0 Å². The Hall–Kier alpha value is -0.260. The van der Waals surface area contributed by atoms with Crippen molar-refractivity contribution in [1.29, 1.82) is 0 Å². The minimum absolute atomic E-state index is 0.835. The third-order valence-corrected chi connectivity index (χ3v) is 3.55. The zero-order valence-electron chi connectivity index (χ0n) is 6.88. The van der Waals surface area contributed by atoms with Crippen molar-refractivity contribution in [2.24, 2.45) is 23.7 Å². The van der Waals surface area contributed by atoms with Gasteiger partial charge in [-0.1, -0.05) is 26.0 Å². The van der Waals surface area contributed by atoms with E-state index in [4.69, 9.17) is 0 Å². The molecule has 0 bridgehead atoms. The molecule has 0 heteroatoms. The van der Waals surface area contributed by atoms with Gasteiger partial charge in [-0.15, -0.1) is 0 Å². The van der Waals surface area contributed by atoms with Crippen LogP contribution >= 0.6 is 0 Å². The van der Waals surface area contributed by atoms with E-state index in [9.17, 15) is 0 Å². The highest BCUT2D eigenvalue weighted by atomic mass is 14.4. The van der Waals surface area contributed by atoms with E-state index in [0.29, 0.717) is 0 Å². The predicted molar refractivity (Wildman–Crippen MR) is 43.7 cm³/mol. The molecule has 0 amide bonds. The molecule has 4 unspecified atom stereocenters. The molecule has 2 aliphatic rings. The van der Waals surface area contributed by atoms with Crippen LogP contribution in [0, 0.1) is 23.7 Å². The first-order valence-electron chi connectivity index (χ1n) is 4.47. The summed E-state index contributed by atoms with van der Waals surface area (Å²) in [5.41, 5.74) is 0. The maximum atomic E-state index is 2.44. The summed E-state index contributed by atoms with van der Waals surface area (Å²) in [6, 6.07) is 0. The van der Waals surface area contributed by atoms with Crippen molar-refractivity contribution in [2.45, 2.75) is 26.7 Å². The molecule has 0 aromatic rings. The van der Waals surface area contributed by atoms with Gasteiger partial charge >= 0.3 is 0 Å². The summed E-state index contributed by atoms with van der Waals surface area (Å²) in [5, 5.41) is 0. The summed E-state index contributed by atoms with van der Waals surface area (Å²) in [5.74, 6) is 3.79. The second kappa shape index (κ2) is 2.11. The molecule has 0 aromatic carbocycles. The minimum Gasteiger partial charge on any atom is -0.0851 e. The number of fused-ring (bicyclic) bond motifs is 1. The van der Waals surface area contributed by atoms with Gasteiger partial charge in [-0.25, -0.2) is 0 Å². The van der Waals surface area contributed by atoms with Gasteiger partial charge in [-0.05, 0) is 36.5 Å². The van der Waals surface area contributed by atoms with E-state index >= 15 is 0 Å². The Kier molecular flexibility index (Phi) is 1.36. The average Bonchev–Trinajstić information content (AvgIpc) is 1.82. The van der Waals surface area contributed by atoms with Crippen molar-refractivity contribution in [3.05, 3.63) is 12.2 Å². The summed E-state index contributed by atoms with van der Waals surface area (Å²) in [7, 11) is 0. The highest BCUT2D eigenvalue weighted by Gasteiger charge is 2.37. The summed E-state index contributed by atoms with van der Waals surface area (Å²) >= 11 is 0. The van der Waals surface area contributed by atoms with Crippen LogP contribution < -0.4 is 0 Å². The first-order chi connectivity index (χ1) is 4.79. The standard InChI is InChI=1S/C10H16/c1-7-3-4-9-5-6-10(9)8(7)2/h3-4,7-10H,5-6H2,1-2H3. The van der Waals surface area contributed by atoms with Crippen LogP contribution in [0.25, 0.3) is 0 Å². The second-order valence-electron chi connectivity index (χ2n) is 4.01. The fourth-order valence-electron chi connectivity index (χ4n) is 2.33. The molecule has 2 rings (SSSR count). The number of allylic oxidation sites excluding steroid dienone is 2. The molecule has 0 aromatic heterocycles. The summed E-state index contributed by atoms with van der Waals surface area (Å²) in [6.45, 7) is 4.75. The molecule has 4 atom stereocenters. The van der Waals surface area contributed by atoms with Gasteiger partial charge in [0.15, 0.2) is 0 Å². The Bertz CT molecular complexity index is 149. The minimum atomic E-state index is 0.835. The third-order valence-electron chi connectivity index (χ3n) is 3.55. The number of rotatable bonds is 0. The maximum absolute atomic E-state index is 2.44. The van der Waals surface area contributed by atoms with E-state index in [1.807, 2.05) is 0 Å². The normalized spacial score (nSPS) is 51.8. The van der Waals surface area contributed by atoms with Gasteiger partial charge in [-0.3, -0.25) is 0 Å². The summed E-state index contributed by atoms with van der Waals surface area (Å²) in [6.07, 6.45) is 7.79. The lowest BCUT2D eigenvalue weighted by molar-refractivity contribution is 0.114. The van der Waals surface area contributed by atoms with E-state index in [0.717, 1.165) is 23.7 Å². The summed E-state index contributed by atoms with van der Waals surface area (Å²) < 4.78 is 0. The van der Waals surface area contributed by atoms with Crippen LogP contribution in [0.15, 0.2) is 12.2 Å². The number of hydrogen-bond acceptors (Lipinski definition) is 0. The quantitative estimate of drug-likeness (QED) is 0.449. The first kappa shape index (κ1) is 6.45. The van der Waals surface area contributed by atoms with E-state index in [2.05, 4.69) is 26.0 Å². The lowest BCUT2D eigenvalue weighted by atomic mass is 9.61. The molecular weight excluding hydrogens is 120 g/mol. The Morgan fingerprint density at radius 1 is 1.10 bits per heavy atom. The molecule has 0 spiro atoms. The van der Waals surface area contributed by atoms with Crippen LogP contribution in [0.1, 0.15) is 26.7 Å². The lowest BCUT2D eigenvalue weighted by Gasteiger charge is -2.44. The highest BCUT2D eigenvalue weighted by molar-refractivity contribution is 5.07. The number of hydrogen-bond donors (Lipinski definition) is 0. The van der Waals surface area contributed by atoms with Gasteiger partial charge < -0.3 is 0 Å². The molecule has 0 nitrogen and oxygen atoms in total. The molecule has 10 heavy (non-hydrogen) atoms. The topological polar surface area (TPSA) is 0 Å².